The zero-order valence-electron chi connectivity index (χ0n) is 11.1. The van der Waals surface area contributed by atoms with Crippen molar-refractivity contribution in [1.82, 2.24) is 9.78 Å². The molecule has 1 heterocycles. The minimum atomic E-state index is 0.191. The molecule has 0 atom stereocenters. The highest BCUT2D eigenvalue weighted by molar-refractivity contribution is 9.10. The summed E-state index contributed by atoms with van der Waals surface area (Å²) in [6, 6.07) is 10.1. The monoisotopic (exact) mass is 320 g/mol. The van der Waals surface area contributed by atoms with Crippen LogP contribution >= 0.6 is 15.9 Å². The number of carbonyl (C=O) groups is 1. The molecule has 1 aromatic carbocycles. The van der Waals surface area contributed by atoms with Crippen molar-refractivity contribution in [3.05, 3.63) is 52.3 Å². The van der Waals surface area contributed by atoms with Crippen LogP contribution in [0.5, 0.6) is 0 Å². The molecule has 100 valence electrons. The molecule has 3 nitrogen and oxygen atoms in total. The maximum absolute atomic E-state index is 12.0. The summed E-state index contributed by atoms with van der Waals surface area (Å²) in [6.45, 7) is 4.14. The fourth-order valence-electron chi connectivity index (χ4n) is 1.85. The van der Waals surface area contributed by atoms with Gasteiger partial charge in [-0.05, 0) is 37.6 Å². The molecule has 4 heteroatoms. The third-order valence-electron chi connectivity index (χ3n) is 2.89. The van der Waals surface area contributed by atoms with Gasteiger partial charge in [-0.2, -0.15) is 5.10 Å². The molecule has 1 aromatic heterocycles. The van der Waals surface area contributed by atoms with Crippen molar-refractivity contribution in [3.63, 3.8) is 0 Å². The summed E-state index contributed by atoms with van der Waals surface area (Å²) in [5, 5.41) is 4.39. The molecule has 0 N–H and O–H groups in total. The van der Waals surface area contributed by atoms with Crippen LogP contribution in [0.1, 0.15) is 31.1 Å². The molecule has 2 rings (SSSR count). The van der Waals surface area contributed by atoms with E-state index in [0.29, 0.717) is 18.9 Å². The SMILES string of the molecule is CC(C)n1ccc(CC(=O)Cc2ccc(Br)cc2)n1. The summed E-state index contributed by atoms with van der Waals surface area (Å²) in [6.07, 6.45) is 2.78. The summed E-state index contributed by atoms with van der Waals surface area (Å²) in [7, 11) is 0. The number of carbonyl (C=O) groups excluding carboxylic acids is 1. The number of hydrogen-bond acceptors (Lipinski definition) is 2. The van der Waals surface area contributed by atoms with E-state index in [1.54, 1.807) is 0 Å². The van der Waals surface area contributed by atoms with Gasteiger partial charge < -0.3 is 0 Å². The first-order chi connectivity index (χ1) is 9.04. The number of Topliss-reactive ketones (excluding diaryl/α,β-unsaturated/α-hetero) is 1. The number of rotatable bonds is 5. The molecule has 0 unspecified atom stereocenters. The van der Waals surface area contributed by atoms with Gasteiger partial charge in [0.15, 0.2) is 0 Å². The Morgan fingerprint density at radius 2 is 1.89 bits per heavy atom. The number of hydrogen-bond donors (Lipinski definition) is 0. The quantitative estimate of drug-likeness (QED) is 0.844. The van der Waals surface area contributed by atoms with E-state index in [-0.39, 0.29) is 5.78 Å². The van der Waals surface area contributed by atoms with Crippen LogP contribution in [0.25, 0.3) is 0 Å². The van der Waals surface area contributed by atoms with Gasteiger partial charge in [-0.25, -0.2) is 0 Å². The van der Waals surface area contributed by atoms with Gasteiger partial charge in [0, 0.05) is 23.1 Å². The van der Waals surface area contributed by atoms with Crippen molar-refractivity contribution < 1.29 is 4.79 Å². The van der Waals surface area contributed by atoms with Crippen LogP contribution < -0.4 is 0 Å². The third-order valence-corrected chi connectivity index (χ3v) is 3.41. The zero-order valence-corrected chi connectivity index (χ0v) is 12.7. The highest BCUT2D eigenvalue weighted by Crippen LogP contribution is 2.12. The molecule has 0 saturated carbocycles. The lowest BCUT2D eigenvalue weighted by Crippen LogP contribution is -2.08. The van der Waals surface area contributed by atoms with E-state index < -0.39 is 0 Å². The summed E-state index contributed by atoms with van der Waals surface area (Å²) < 4.78 is 2.90. The highest BCUT2D eigenvalue weighted by atomic mass is 79.9. The van der Waals surface area contributed by atoms with Crippen molar-refractivity contribution >= 4 is 21.7 Å². The average molecular weight is 321 g/mol. The van der Waals surface area contributed by atoms with Crippen LogP contribution in [-0.2, 0) is 17.6 Å². The maximum atomic E-state index is 12.0. The standard InChI is InChI=1S/C15H17BrN2O/c1-11(2)18-8-7-14(17-18)10-15(19)9-12-3-5-13(16)6-4-12/h3-8,11H,9-10H2,1-2H3. The minimum absolute atomic E-state index is 0.191. The van der Waals surface area contributed by atoms with Gasteiger partial charge in [-0.1, -0.05) is 28.1 Å². The van der Waals surface area contributed by atoms with E-state index in [1.807, 2.05) is 41.2 Å². The molecule has 0 radical (unpaired) electrons. The van der Waals surface area contributed by atoms with Crippen molar-refractivity contribution in [2.45, 2.75) is 32.7 Å². The van der Waals surface area contributed by atoms with E-state index in [0.717, 1.165) is 15.7 Å². The van der Waals surface area contributed by atoms with Crippen molar-refractivity contribution in [3.8, 4) is 0 Å². The van der Waals surface area contributed by atoms with Gasteiger partial charge in [0.05, 0.1) is 12.1 Å². The van der Waals surface area contributed by atoms with Crippen LogP contribution in [0, 0.1) is 0 Å². The van der Waals surface area contributed by atoms with Gasteiger partial charge in [-0.3, -0.25) is 9.48 Å². The predicted molar refractivity (Wildman–Crippen MR) is 79.2 cm³/mol. The molecule has 0 bridgehead atoms. The average Bonchev–Trinajstić information content (AvgIpc) is 2.80. The molecule has 0 amide bonds. The van der Waals surface area contributed by atoms with E-state index in [1.165, 1.54) is 0 Å². The molecular weight excluding hydrogens is 304 g/mol. The Bertz CT molecular complexity index is 558. The Balaban J connectivity index is 1.95. The Morgan fingerprint density at radius 1 is 1.21 bits per heavy atom. The number of benzene rings is 1. The topological polar surface area (TPSA) is 34.9 Å². The maximum Gasteiger partial charge on any atom is 0.143 e. The Hall–Kier alpha value is -1.42. The Labute approximate surface area is 121 Å². The molecule has 0 saturated heterocycles. The van der Waals surface area contributed by atoms with Crippen LogP contribution in [0.4, 0.5) is 0 Å². The molecule has 0 fully saturated rings. The second-order valence-corrected chi connectivity index (χ2v) is 5.82. The molecule has 0 spiro atoms. The van der Waals surface area contributed by atoms with Gasteiger partial charge in [0.25, 0.3) is 0 Å². The van der Waals surface area contributed by atoms with Gasteiger partial charge in [0.2, 0.25) is 0 Å². The van der Waals surface area contributed by atoms with Crippen LogP contribution in [-0.4, -0.2) is 15.6 Å². The Morgan fingerprint density at radius 3 is 2.47 bits per heavy atom. The first kappa shape index (κ1) is 14.0. The molecular formula is C15H17BrN2O. The number of aromatic nitrogens is 2. The summed E-state index contributed by atoms with van der Waals surface area (Å²) in [5.74, 6) is 0.191. The second kappa shape index (κ2) is 6.15. The van der Waals surface area contributed by atoms with Gasteiger partial charge in [0.1, 0.15) is 5.78 Å². The lowest BCUT2D eigenvalue weighted by atomic mass is 10.1. The highest BCUT2D eigenvalue weighted by Gasteiger charge is 2.08. The lowest BCUT2D eigenvalue weighted by molar-refractivity contribution is -0.117. The largest absolute Gasteiger partial charge is 0.299 e. The van der Waals surface area contributed by atoms with E-state index in [9.17, 15) is 4.79 Å². The van der Waals surface area contributed by atoms with Crippen molar-refractivity contribution in [2.75, 3.05) is 0 Å². The molecule has 19 heavy (non-hydrogen) atoms. The van der Waals surface area contributed by atoms with Crippen LogP contribution in [0.3, 0.4) is 0 Å². The van der Waals surface area contributed by atoms with E-state index in [2.05, 4.69) is 34.9 Å². The fraction of sp³-hybridized carbons (Fsp3) is 0.333. The molecule has 0 aliphatic heterocycles. The summed E-state index contributed by atoms with van der Waals surface area (Å²) in [4.78, 5) is 12.0. The number of ketones is 1. The summed E-state index contributed by atoms with van der Waals surface area (Å²) in [5.41, 5.74) is 1.88. The van der Waals surface area contributed by atoms with Crippen LogP contribution in [0.15, 0.2) is 41.0 Å². The van der Waals surface area contributed by atoms with E-state index >= 15 is 0 Å². The molecule has 2 aromatic rings. The Kier molecular flexibility index (Phi) is 4.53. The minimum Gasteiger partial charge on any atom is -0.299 e. The zero-order chi connectivity index (χ0) is 13.8. The predicted octanol–water partition coefficient (Wildman–Crippen LogP) is 3.58. The lowest BCUT2D eigenvalue weighted by Gasteiger charge is -2.04. The summed E-state index contributed by atoms with van der Waals surface area (Å²) >= 11 is 3.38. The fourth-order valence-corrected chi connectivity index (χ4v) is 2.12. The van der Waals surface area contributed by atoms with Gasteiger partial charge in [-0.15, -0.1) is 0 Å². The van der Waals surface area contributed by atoms with Crippen LogP contribution in [0.2, 0.25) is 0 Å². The first-order valence-electron chi connectivity index (χ1n) is 6.35. The van der Waals surface area contributed by atoms with Gasteiger partial charge >= 0.3 is 0 Å². The number of nitrogens with zero attached hydrogens (tertiary/aromatic N) is 2. The third kappa shape index (κ3) is 4.03. The van der Waals surface area contributed by atoms with E-state index in [4.69, 9.17) is 0 Å². The normalized spacial score (nSPS) is 10.9. The smallest absolute Gasteiger partial charge is 0.143 e. The number of halogens is 1. The second-order valence-electron chi connectivity index (χ2n) is 4.90. The molecule has 0 aliphatic rings. The first-order valence-corrected chi connectivity index (χ1v) is 7.14. The van der Waals surface area contributed by atoms with Crippen molar-refractivity contribution in [1.29, 1.82) is 0 Å². The molecule has 0 aliphatic carbocycles. The van der Waals surface area contributed by atoms with Crippen molar-refractivity contribution in [2.24, 2.45) is 0 Å².